The molecule has 0 radical (unpaired) electrons. The van der Waals surface area contributed by atoms with E-state index in [0.717, 1.165) is 18.7 Å². The number of aromatic nitrogens is 1. The molecule has 0 atom stereocenters. The molecule has 120 valence electrons. The number of rotatable bonds is 7. The van der Waals surface area contributed by atoms with Crippen molar-refractivity contribution in [1.29, 1.82) is 0 Å². The van der Waals surface area contributed by atoms with Crippen LogP contribution >= 0.6 is 0 Å². The van der Waals surface area contributed by atoms with Crippen molar-refractivity contribution >= 4 is 11.7 Å². The zero-order valence-electron chi connectivity index (χ0n) is 12.9. The smallest absolute Gasteiger partial charge is 0.253 e. The summed E-state index contributed by atoms with van der Waals surface area (Å²) >= 11 is 0. The molecule has 2 N–H and O–H groups in total. The molecule has 0 saturated carbocycles. The quantitative estimate of drug-likeness (QED) is 0.749. The average Bonchev–Trinajstić information content (AvgIpc) is 2.59. The Balaban J connectivity index is 1.90. The number of amides is 1. The van der Waals surface area contributed by atoms with E-state index in [1.54, 1.807) is 31.5 Å². The van der Waals surface area contributed by atoms with E-state index in [9.17, 15) is 4.79 Å². The molecular formula is C16H23N3O3. The lowest BCUT2D eigenvalue weighted by Crippen LogP contribution is -2.44. The van der Waals surface area contributed by atoms with Crippen molar-refractivity contribution in [3.05, 3.63) is 36.5 Å². The summed E-state index contributed by atoms with van der Waals surface area (Å²) in [6, 6.07) is 3.54. The van der Waals surface area contributed by atoms with E-state index < -0.39 is 0 Å². The number of anilines is 1. The van der Waals surface area contributed by atoms with Crippen molar-refractivity contribution in [2.45, 2.75) is 18.4 Å². The van der Waals surface area contributed by atoms with Gasteiger partial charge in [-0.2, -0.15) is 0 Å². The van der Waals surface area contributed by atoms with Gasteiger partial charge in [0.1, 0.15) is 5.82 Å². The molecule has 1 aliphatic rings. The van der Waals surface area contributed by atoms with Crippen molar-refractivity contribution in [2.24, 2.45) is 0 Å². The van der Waals surface area contributed by atoms with Crippen LogP contribution in [-0.2, 0) is 9.47 Å². The Morgan fingerprint density at radius 3 is 2.86 bits per heavy atom. The fourth-order valence-electron chi connectivity index (χ4n) is 2.35. The molecule has 22 heavy (non-hydrogen) atoms. The van der Waals surface area contributed by atoms with Crippen molar-refractivity contribution in [3.8, 4) is 0 Å². The van der Waals surface area contributed by atoms with Gasteiger partial charge in [0.2, 0.25) is 0 Å². The summed E-state index contributed by atoms with van der Waals surface area (Å²) in [4.78, 5) is 16.0. The van der Waals surface area contributed by atoms with Gasteiger partial charge in [-0.1, -0.05) is 6.08 Å². The second-order valence-corrected chi connectivity index (χ2v) is 5.28. The van der Waals surface area contributed by atoms with Crippen LogP contribution in [-0.4, -0.2) is 49.9 Å². The fraction of sp³-hybridized carbons (Fsp3) is 0.500. The molecule has 1 fully saturated rings. The highest BCUT2D eigenvalue weighted by atomic mass is 16.5. The first-order valence-corrected chi connectivity index (χ1v) is 7.41. The number of hydrogen-bond donors (Lipinski definition) is 2. The van der Waals surface area contributed by atoms with Gasteiger partial charge in [-0.25, -0.2) is 4.98 Å². The largest absolute Gasteiger partial charge is 0.381 e. The maximum atomic E-state index is 11.8. The molecule has 2 heterocycles. The van der Waals surface area contributed by atoms with Crippen LogP contribution in [0.2, 0.25) is 0 Å². The van der Waals surface area contributed by atoms with Crippen LogP contribution < -0.4 is 10.6 Å². The number of carbonyl (C=O) groups excluding carboxylic acids is 1. The van der Waals surface area contributed by atoms with Gasteiger partial charge in [-0.3, -0.25) is 4.79 Å². The van der Waals surface area contributed by atoms with E-state index in [2.05, 4.69) is 22.2 Å². The molecule has 0 aromatic carbocycles. The zero-order chi connectivity index (χ0) is 15.8. The Morgan fingerprint density at radius 2 is 2.27 bits per heavy atom. The molecule has 6 heteroatoms. The van der Waals surface area contributed by atoms with Crippen LogP contribution in [0.5, 0.6) is 0 Å². The standard InChI is InChI=1S/C16H23N3O3/c1-3-8-17-15(20)13-4-5-14(18-11-13)19-12-16(21-2)6-9-22-10-7-16/h3-5,11H,1,6-10,12H2,2H3,(H,17,20)(H,18,19). The Morgan fingerprint density at radius 1 is 1.50 bits per heavy atom. The third-order valence-electron chi connectivity index (χ3n) is 3.86. The number of methoxy groups -OCH3 is 1. The predicted molar refractivity (Wildman–Crippen MR) is 85.0 cm³/mol. The topological polar surface area (TPSA) is 72.5 Å². The third kappa shape index (κ3) is 4.29. The summed E-state index contributed by atoms with van der Waals surface area (Å²) in [5, 5.41) is 5.99. The first-order chi connectivity index (χ1) is 10.7. The van der Waals surface area contributed by atoms with E-state index in [4.69, 9.17) is 9.47 Å². The summed E-state index contributed by atoms with van der Waals surface area (Å²) in [7, 11) is 1.73. The molecule has 1 saturated heterocycles. The van der Waals surface area contributed by atoms with E-state index in [0.29, 0.717) is 31.9 Å². The van der Waals surface area contributed by atoms with Gasteiger partial charge in [0.05, 0.1) is 11.2 Å². The number of nitrogens with zero attached hydrogens (tertiary/aromatic N) is 1. The van der Waals surface area contributed by atoms with Crippen LogP contribution in [0.4, 0.5) is 5.82 Å². The maximum Gasteiger partial charge on any atom is 0.253 e. The van der Waals surface area contributed by atoms with Crippen molar-refractivity contribution in [1.82, 2.24) is 10.3 Å². The minimum absolute atomic E-state index is 0.156. The van der Waals surface area contributed by atoms with Gasteiger partial charge in [0.15, 0.2) is 0 Å². The third-order valence-corrected chi connectivity index (χ3v) is 3.86. The summed E-state index contributed by atoms with van der Waals surface area (Å²) in [6.07, 6.45) is 4.92. The number of ether oxygens (including phenoxy) is 2. The van der Waals surface area contributed by atoms with Gasteiger partial charge >= 0.3 is 0 Å². The van der Waals surface area contributed by atoms with Crippen LogP contribution in [0, 0.1) is 0 Å². The average molecular weight is 305 g/mol. The predicted octanol–water partition coefficient (Wildman–Crippen LogP) is 1.60. The highest BCUT2D eigenvalue weighted by Gasteiger charge is 2.32. The van der Waals surface area contributed by atoms with Crippen molar-refractivity contribution in [2.75, 3.05) is 38.7 Å². The van der Waals surface area contributed by atoms with Gasteiger partial charge < -0.3 is 20.1 Å². The van der Waals surface area contributed by atoms with E-state index in [1.807, 2.05) is 0 Å². The molecular weight excluding hydrogens is 282 g/mol. The number of hydrogen-bond acceptors (Lipinski definition) is 5. The van der Waals surface area contributed by atoms with Crippen LogP contribution in [0.1, 0.15) is 23.2 Å². The lowest BCUT2D eigenvalue weighted by molar-refractivity contribution is -0.0807. The van der Waals surface area contributed by atoms with Gasteiger partial charge in [-0.05, 0) is 12.1 Å². The molecule has 1 aromatic heterocycles. The molecule has 0 unspecified atom stereocenters. The summed E-state index contributed by atoms with van der Waals surface area (Å²) in [5.74, 6) is 0.569. The van der Waals surface area contributed by atoms with Crippen molar-refractivity contribution in [3.63, 3.8) is 0 Å². The second kappa shape index (κ2) is 7.91. The maximum absolute atomic E-state index is 11.8. The number of pyridine rings is 1. The Bertz CT molecular complexity index is 496. The Labute approximate surface area is 130 Å². The van der Waals surface area contributed by atoms with E-state index >= 15 is 0 Å². The summed E-state index contributed by atoms with van der Waals surface area (Å²) in [5.41, 5.74) is 0.319. The van der Waals surface area contributed by atoms with Crippen LogP contribution in [0.15, 0.2) is 31.0 Å². The number of nitrogens with one attached hydrogen (secondary N) is 2. The van der Waals surface area contributed by atoms with Gasteiger partial charge in [0.25, 0.3) is 5.91 Å². The normalized spacial score (nSPS) is 16.8. The Kier molecular flexibility index (Phi) is 5.91. The van der Waals surface area contributed by atoms with Crippen LogP contribution in [0.3, 0.4) is 0 Å². The Hall–Kier alpha value is -1.92. The molecule has 1 amide bonds. The van der Waals surface area contributed by atoms with Gasteiger partial charge in [-0.15, -0.1) is 6.58 Å². The molecule has 2 rings (SSSR count). The SMILES string of the molecule is C=CCNC(=O)c1ccc(NCC2(OC)CCOCC2)nc1. The highest BCUT2D eigenvalue weighted by molar-refractivity contribution is 5.94. The zero-order valence-corrected chi connectivity index (χ0v) is 12.9. The molecule has 6 nitrogen and oxygen atoms in total. The molecule has 1 aliphatic heterocycles. The minimum Gasteiger partial charge on any atom is -0.381 e. The number of carbonyl (C=O) groups is 1. The molecule has 1 aromatic rings. The highest BCUT2D eigenvalue weighted by Crippen LogP contribution is 2.24. The van der Waals surface area contributed by atoms with Gasteiger partial charge in [0, 0.05) is 52.5 Å². The molecule has 0 aliphatic carbocycles. The lowest BCUT2D eigenvalue weighted by atomic mass is 9.94. The minimum atomic E-state index is -0.208. The van der Waals surface area contributed by atoms with E-state index in [1.165, 1.54) is 0 Å². The lowest BCUT2D eigenvalue weighted by Gasteiger charge is -2.36. The first-order valence-electron chi connectivity index (χ1n) is 7.41. The summed E-state index contributed by atoms with van der Waals surface area (Å²) in [6.45, 7) is 6.10. The molecule has 0 bridgehead atoms. The van der Waals surface area contributed by atoms with Crippen LogP contribution in [0.25, 0.3) is 0 Å². The first kappa shape index (κ1) is 16.5. The summed E-state index contributed by atoms with van der Waals surface area (Å²) < 4.78 is 11.0. The van der Waals surface area contributed by atoms with Crippen molar-refractivity contribution < 1.29 is 14.3 Å². The monoisotopic (exact) mass is 305 g/mol. The molecule has 0 spiro atoms. The fourth-order valence-corrected chi connectivity index (χ4v) is 2.35. The van der Waals surface area contributed by atoms with E-state index in [-0.39, 0.29) is 11.5 Å². The second-order valence-electron chi connectivity index (χ2n) is 5.28.